The number of furan rings is 1. The molecule has 8 heteroatoms. The first-order valence-corrected chi connectivity index (χ1v) is 9.06. The van der Waals surface area contributed by atoms with Gasteiger partial charge >= 0.3 is 0 Å². The summed E-state index contributed by atoms with van der Waals surface area (Å²) in [5.41, 5.74) is 2.94. The van der Waals surface area contributed by atoms with E-state index in [-0.39, 0.29) is 5.91 Å². The van der Waals surface area contributed by atoms with Crippen LogP contribution in [0, 0.1) is 6.92 Å². The molecule has 0 aliphatic carbocycles. The van der Waals surface area contributed by atoms with Crippen molar-refractivity contribution in [3.05, 3.63) is 60.2 Å². The van der Waals surface area contributed by atoms with Crippen molar-refractivity contribution in [2.24, 2.45) is 0 Å². The van der Waals surface area contributed by atoms with Gasteiger partial charge in [0.1, 0.15) is 12.1 Å². The monoisotopic (exact) mass is 379 g/mol. The zero-order valence-corrected chi connectivity index (χ0v) is 15.5. The summed E-state index contributed by atoms with van der Waals surface area (Å²) in [6, 6.07) is 11.0. The largest absolute Gasteiger partial charge is 0.472 e. The van der Waals surface area contributed by atoms with Gasteiger partial charge in [0.05, 0.1) is 25.0 Å². The molecule has 1 amide bonds. The van der Waals surface area contributed by atoms with E-state index in [4.69, 9.17) is 9.15 Å². The average Bonchev–Trinajstić information content (AvgIpc) is 3.25. The van der Waals surface area contributed by atoms with Crippen LogP contribution in [-0.2, 0) is 4.74 Å². The molecular weight excluding hydrogens is 358 g/mol. The number of hydrogen-bond acceptors (Lipinski definition) is 7. The second kappa shape index (κ2) is 8.10. The SMILES string of the molecule is Cc1cc(Nc2ccc(NC(=O)c3ccoc3)cc2)nc(N2CCOCC2)n1. The van der Waals surface area contributed by atoms with Gasteiger partial charge in [0.15, 0.2) is 0 Å². The highest BCUT2D eigenvalue weighted by Crippen LogP contribution is 2.21. The van der Waals surface area contributed by atoms with Gasteiger partial charge in [-0.15, -0.1) is 0 Å². The van der Waals surface area contributed by atoms with E-state index in [0.29, 0.717) is 30.4 Å². The van der Waals surface area contributed by atoms with Gasteiger partial charge in [-0.05, 0) is 37.3 Å². The molecular formula is C20H21N5O3. The minimum atomic E-state index is -0.212. The summed E-state index contributed by atoms with van der Waals surface area (Å²) in [6.07, 6.45) is 2.88. The highest BCUT2D eigenvalue weighted by Gasteiger charge is 2.15. The van der Waals surface area contributed by atoms with Crippen LogP contribution in [0.1, 0.15) is 16.1 Å². The molecule has 3 aromatic rings. The molecule has 1 aromatic carbocycles. The van der Waals surface area contributed by atoms with Crippen LogP contribution in [0.25, 0.3) is 0 Å². The van der Waals surface area contributed by atoms with Crippen LogP contribution in [0.5, 0.6) is 0 Å². The molecule has 0 saturated carbocycles. The molecule has 0 radical (unpaired) electrons. The van der Waals surface area contributed by atoms with E-state index in [1.54, 1.807) is 6.07 Å². The second-order valence-corrected chi connectivity index (χ2v) is 6.46. The van der Waals surface area contributed by atoms with Gasteiger partial charge in [-0.25, -0.2) is 4.98 Å². The lowest BCUT2D eigenvalue weighted by Gasteiger charge is -2.27. The van der Waals surface area contributed by atoms with E-state index in [1.807, 2.05) is 37.3 Å². The molecule has 1 aliphatic heterocycles. The third kappa shape index (κ3) is 4.29. The third-order valence-electron chi connectivity index (χ3n) is 4.33. The van der Waals surface area contributed by atoms with E-state index in [1.165, 1.54) is 12.5 Å². The Morgan fingerprint density at radius 2 is 1.82 bits per heavy atom. The number of rotatable bonds is 5. The van der Waals surface area contributed by atoms with Crippen LogP contribution in [0.3, 0.4) is 0 Å². The van der Waals surface area contributed by atoms with Crippen LogP contribution in [-0.4, -0.2) is 42.2 Å². The standard InChI is InChI=1S/C20H21N5O3/c1-14-12-18(24-20(21-14)25-7-10-27-11-8-25)22-16-2-4-17(5-3-16)23-19(26)15-6-9-28-13-15/h2-6,9,12-13H,7-8,10-11H2,1H3,(H,23,26)(H,21,22,24). The van der Waals surface area contributed by atoms with Crippen LogP contribution in [0.4, 0.5) is 23.1 Å². The van der Waals surface area contributed by atoms with Crippen molar-refractivity contribution < 1.29 is 13.9 Å². The lowest BCUT2D eigenvalue weighted by molar-refractivity contribution is 0.102. The normalized spacial score (nSPS) is 14.0. The molecule has 0 unspecified atom stereocenters. The zero-order valence-electron chi connectivity index (χ0n) is 15.5. The van der Waals surface area contributed by atoms with Crippen molar-refractivity contribution in [3.8, 4) is 0 Å². The van der Waals surface area contributed by atoms with Crippen molar-refractivity contribution in [2.75, 3.05) is 41.8 Å². The van der Waals surface area contributed by atoms with Crippen molar-refractivity contribution in [1.82, 2.24) is 9.97 Å². The van der Waals surface area contributed by atoms with Crippen molar-refractivity contribution in [2.45, 2.75) is 6.92 Å². The van der Waals surface area contributed by atoms with Crippen LogP contribution < -0.4 is 15.5 Å². The van der Waals surface area contributed by atoms with Crippen molar-refractivity contribution in [1.29, 1.82) is 0 Å². The van der Waals surface area contributed by atoms with Crippen LogP contribution >= 0.6 is 0 Å². The molecule has 144 valence electrons. The number of morpholine rings is 1. The molecule has 0 spiro atoms. The molecule has 1 aliphatic rings. The number of aromatic nitrogens is 2. The minimum absolute atomic E-state index is 0.212. The number of aryl methyl sites for hydroxylation is 1. The lowest BCUT2D eigenvalue weighted by atomic mass is 10.2. The molecule has 4 rings (SSSR count). The maximum atomic E-state index is 12.1. The number of carbonyl (C=O) groups excluding carboxylic acids is 1. The lowest BCUT2D eigenvalue weighted by Crippen LogP contribution is -2.37. The number of amides is 1. The summed E-state index contributed by atoms with van der Waals surface area (Å²) in [5.74, 6) is 1.22. The molecule has 1 saturated heterocycles. The first-order chi connectivity index (χ1) is 13.7. The number of benzene rings is 1. The van der Waals surface area contributed by atoms with Crippen LogP contribution in [0.15, 0.2) is 53.3 Å². The van der Waals surface area contributed by atoms with Crippen molar-refractivity contribution in [3.63, 3.8) is 0 Å². The smallest absolute Gasteiger partial charge is 0.258 e. The Labute approximate surface area is 162 Å². The number of hydrogen-bond donors (Lipinski definition) is 2. The fraction of sp³-hybridized carbons (Fsp3) is 0.250. The van der Waals surface area contributed by atoms with Gasteiger partial charge < -0.3 is 24.7 Å². The number of ether oxygens (including phenoxy) is 1. The molecule has 0 atom stereocenters. The molecule has 2 N–H and O–H groups in total. The molecule has 2 aromatic heterocycles. The Bertz CT molecular complexity index is 935. The minimum Gasteiger partial charge on any atom is -0.472 e. The van der Waals surface area contributed by atoms with Gasteiger partial charge in [0.2, 0.25) is 5.95 Å². The highest BCUT2D eigenvalue weighted by molar-refractivity contribution is 6.04. The summed E-state index contributed by atoms with van der Waals surface area (Å²) >= 11 is 0. The number of anilines is 4. The van der Waals surface area contributed by atoms with Gasteiger partial charge in [-0.3, -0.25) is 4.79 Å². The molecule has 0 bridgehead atoms. The van der Waals surface area contributed by atoms with E-state index in [2.05, 4.69) is 25.5 Å². The first-order valence-electron chi connectivity index (χ1n) is 9.06. The molecule has 3 heterocycles. The highest BCUT2D eigenvalue weighted by atomic mass is 16.5. The predicted molar refractivity (Wildman–Crippen MR) is 106 cm³/mol. The Morgan fingerprint density at radius 1 is 1.07 bits per heavy atom. The number of nitrogens with zero attached hydrogens (tertiary/aromatic N) is 3. The topological polar surface area (TPSA) is 92.5 Å². The second-order valence-electron chi connectivity index (χ2n) is 6.46. The van der Waals surface area contributed by atoms with E-state index >= 15 is 0 Å². The Morgan fingerprint density at radius 3 is 2.54 bits per heavy atom. The summed E-state index contributed by atoms with van der Waals surface area (Å²) in [5, 5.41) is 6.12. The van der Waals surface area contributed by atoms with Gasteiger partial charge in [-0.1, -0.05) is 0 Å². The molecule has 1 fully saturated rings. The molecule has 8 nitrogen and oxygen atoms in total. The van der Waals surface area contributed by atoms with Gasteiger partial charge in [-0.2, -0.15) is 4.98 Å². The van der Waals surface area contributed by atoms with Crippen molar-refractivity contribution >= 4 is 29.0 Å². The van der Waals surface area contributed by atoms with Gasteiger partial charge in [0, 0.05) is 36.2 Å². The number of carbonyl (C=O) groups is 1. The Kier molecular flexibility index (Phi) is 5.20. The summed E-state index contributed by atoms with van der Waals surface area (Å²) in [4.78, 5) is 23.3. The summed E-state index contributed by atoms with van der Waals surface area (Å²) in [6.45, 7) is 4.89. The average molecular weight is 379 g/mol. The zero-order chi connectivity index (χ0) is 19.3. The Hall–Kier alpha value is -3.39. The quantitative estimate of drug-likeness (QED) is 0.703. The van der Waals surface area contributed by atoms with E-state index < -0.39 is 0 Å². The first kappa shape index (κ1) is 18.0. The Balaban J connectivity index is 1.44. The van der Waals surface area contributed by atoms with Crippen LogP contribution in [0.2, 0.25) is 0 Å². The van der Waals surface area contributed by atoms with E-state index in [0.717, 1.165) is 30.3 Å². The summed E-state index contributed by atoms with van der Waals surface area (Å²) in [7, 11) is 0. The van der Waals surface area contributed by atoms with Gasteiger partial charge in [0.25, 0.3) is 5.91 Å². The fourth-order valence-corrected chi connectivity index (χ4v) is 2.90. The fourth-order valence-electron chi connectivity index (χ4n) is 2.90. The predicted octanol–water partition coefficient (Wildman–Crippen LogP) is 3.21. The van der Waals surface area contributed by atoms with E-state index in [9.17, 15) is 4.79 Å². The third-order valence-corrected chi connectivity index (χ3v) is 4.33. The maximum Gasteiger partial charge on any atom is 0.258 e. The summed E-state index contributed by atoms with van der Waals surface area (Å²) < 4.78 is 10.3. The molecule has 28 heavy (non-hydrogen) atoms. The maximum absolute atomic E-state index is 12.1. The number of nitrogens with one attached hydrogen (secondary N) is 2.